The van der Waals surface area contributed by atoms with Crippen molar-refractivity contribution in [2.45, 2.75) is 13.3 Å². The fourth-order valence-electron chi connectivity index (χ4n) is 2.10. The van der Waals surface area contributed by atoms with Gasteiger partial charge in [-0.3, -0.25) is 4.79 Å². The van der Waals surface area contributed by atoms with Crippen LogP contribution in [0.25, 0.3) is 6.08 Å². The van der Waals surface area contributed by atoms with Crippen LogP contribution >= 0.6 is 15.9 Å². The first-order valence-corrected chi connectivity index (χ1v) is 8.22. The molecule has 0 spiro atoms. The van der Waals surface area contributed by atoms with Gasteiger partial charge in [-0.1, -0.05) is 35.0 Å². The van der Waals surface area contributed by atoms with Gasteiger partial charge in [-0.15, -0.1) is 0 Å². The van der Waals surface area contributed by atoms with Gasteiger partial charge in [0.2, 0.25) is 0 Å². The quantitative estimate of drug-likeness (QED) is 0.496. The molecule has 0 amide bonds. The minimum atomic E-state index is -0.108. The topological polar surface area (TPSA) is 35.5 Å². The molecule has 0 atom stereocenters. The van der Waals surface area contributed by atoms with Crippen LogP contribution in [-0.4, -0.2) is 19.5 Å². The summed E-state index contributed by atoms with van der Waals surface area (Å²) in [7, 11) is 1.56. The van der Waals surface area contributed by atoms with E-state index in [0.29, 0.717) is 17.9 Å². The maximum atomic E-state index is 12.4. The highest BCUT2D eigenvalue weighted by Gasteiger charge is 2.09. The normalized spacial score (nSPS) is 10.7. The van der Waals surface area contributed by atoms with E-state index in [1.165, 1.54) is 0 Å². The molecule has 0 unspecified atom stereocenters. The summed E-state index contributed by atoms with van der Waals surface area (Å²) in [5.74, 6) is 1.22. The Morgan fingerprint density at radius 2 is 1.96 bits per heavy atom. The van der Waals surface area contributed by atoms with Gasteiger partial charge in [0.25, 0.3) is 0 Å². The number of carbonyl (C=O) groups is 1. The van der Waals surface area contributed by atoms with Crippen molar-refractivity contribution in [3.63, 3.8) is 0 Å². The Bertz CT molecular complexity index is 708. The number of para-hydroxylation sites is 1. The predicted molar refractivity (Wildman–Crippen MR) is 96.3 cm³/mol. The number of ketones is 1. The SMILES string of the molecule is CCCOc1ccc(Br)cc1/C=C/C(=O)c1ccccc1OC. The molecule has 120 valence electrons. The number of rotatable bonds is 7. The van der Waals surface area contributed by atoms with Gasteiger partial charge < -0.3 is 9.47 Å². The first-order chi connectivity index (χ1) is 11.2. The van der Waals surface area contributed by atoms with Crippen LogP contribution in [-0.2, 0) is 0 Å². The molecule has 0 saturated carbocycles. The molecular weight excluding hydrogens is 356 g/mol. The second kappa shape index (κ2) is 8.53. The van der Waals surface area contributed by atoms with Gasteiger partial charge in [0.15, 0.2) is 5.78 Å². The van der Waals surface area contributed by atoms with Crippen LogP contribution in [0.15, 0.2) is 53.0 Å². The minimum Gasteiger partial charge on any atom is -0.496 e. The summed E-state index contributed by atoms with van der Waals surface area (Å²) in [6.07, 6.45) is 4.24. The summed E-state index contributed by atoms with van der Waals surface area (Å²) in [5.41, 5.74) is 1.40. The molecule has 0 aromatic heterocycles. The maximum Gasteiger partial charge on any atom is 0.189 e. The van der Waals surface area contributed by atoms with Crippen molar-refractivity contribution >= 4 is 27.8 Å². The minimum absolute atomic E-state index is 0.108. The van der Waals surface area contributed by atoms with E-state index in [2.05, 4.69) is 22.9 Å². The summed E-state index contributed by atoms with van der Waals surface area (Å²) in [6.45, 7) is 2.70. The largest absolute Gasteiger partial charge is 0.496 e. The van der Waals surface area contributed by atoms with E-state index in [-0.39, 0.29) is 5.78 Å². The molecule has 0 bridgehead atoms. The van der Waals surface area contributed by atoms with Gasteiger partial charge in [0.05, 0.1) is 19.3 Å². The fraction of sp³-hybridized carbons (Fsp3) is 0.211. The lowest BCUT2D eigenvalue weighted by molar-refractivity contribution is 0.104. The molecular formula is C19H19BrO3. The first kappa shape index (κ1) is 17.3. The molecule has 0 heterocycles. The van der Waals surface area contributed by atoms with Gasteiger partial charge in [0, 0.05) is 10.0 Å². The van der Waals surface area contributed by atoms with E-state index in [4.69, 9.17) is 9.47 Å². The van der Waals surface area contributed by atoms with Crippen LogP contribution in [0.1, 0.15) is 29.3 Å². The monoisotopic (exact) mass is 374 g/mol. The van der Waals surface area contributed by atoms with Crippen LogP contribution in [0.4, 0.5) is 0 Å². The molecule has 2 aromatic carbocycles. The standard InChI is InChI=1S/C19H19BrO3/c1-3-12-23-18-11-9-15(20)13-14(18)8-10-17(21)16-6-4-5-7-19(16)22-2/h4-11,13H,3,12H2,1-2H3/b10-8+. The number of allylic oxidation sites excluding steroid dienone is 1. The summed E-state index contributed by atoms with van der Waals surface area (Å²) >= 11 is 3.44. The van der Waals surface area contributed by atoms with Gasteiger partial charge in [-0.25, -0.2) is 0 Å². The lowest BCUT2D eigenvalue weighted by Gasteiger charge is -2.09. The van der Waals surface area contributed by atoms with Crippen LogP contribution in [0.3, 0.4) is 0 Å². The summed E-state index contributed by atoms with van der Waals surface area (Å²) in [6, 6.07) is 12.9. The van der Waals surface area contributed by atoms with Crippen LogP contribution in [0, 0.1) is 0 Å². The molecule has 0 fully saturated rings. The number of benzene rings is 2. The second-order valence-electron chi connectivity index (χ2n) is 4.93. The van der Waals surface area contributed by atoms with E-state index in [1.807, 2.05) is 30.3 Å². The molecule has 3 nitrogen and oxygen atoms in total. The molecule has 23 heavy (non-hydrogen) atoms. The number of carbonyl (C=O) groups excluding carboxylic acids is 1. The van der Waals surface area contributed by atoms with Crippen molar-refractivity contribution < 1.29 is 14.3 Å². The Balaban J connectivity index is 2.25. The number of hydrogen-bond donors (Lipinski definition) is 0. The van der Waals surface area contributed by atoms with Gasteiger partial charge in [-0.05, 0) is 48.9 Å². The lowest BCUT2D eigenvalue weighted by Crippen LogP contribution is -1.99. The van der Waals surface area contributed by atoms with E-state index >= 15 is 0 Å². The molecule has 2 aromatic rings. The third-order valence-corrected chi connectivity index (χ3v) is 3.71. The van der Waals surface area contributed by atoms with E-state index < -0.39 is 0 Å². The highest BCUT2D eigenvalue weighted by Crippen LogP contribution is 2.25. The van der Waals surface area contributed by atoms with Crippen molar-refractivity contribution in [1.82, 2.24) is 0 Å². The Morgan fingerprint density at radius 1 is 1.17 bits per heavy atom. The van der Waals surface area contributed by atoms with Crippen molar-refractivity contribution in [1.29, 1.82) is 0 Å². The summed E-state index contributed by atoms with van der Waals surface area (Å²) in [4.78, 5) is 12.4. The maximum absolute atomic E-state index is 12.4. The third-order valence-electron chi connectivity index (χ3n) is 3.22. The molecule has 2 rings (SSSR count). The Morgan fingerprint density at radius 3 is 2.70 bits per heavy atom. The van der Waals surface area contributed by atoms with Gasteiger partial charge in [0.1, 0.15) is 11.5 Å². The van der Waals surface area contributed by atoms with Crippen LogP contribution < -0.4 is 9.47 Å². The molecule has 0 aliphatic rings. The van der Waals surface area contributed by atoms with Gasteiger partial charge in [-0.2, -0.15) is 0 Å². The first-order valence-electron chi connectivity index (χ1n) is 7.43. The van der Waals surface area contributed by atoms with E-state index in [9.17, 15) is 4.79 Å². The van der Waals surface area contributed by atoms with Crippen molar-refractivity contribution in [2.75, 3.05) is 13.7 Å². The zero-order valence-electron chi connectivity index (χ0n) is 13.2. The highest BCUT2D eigenvalue weighted by atomic mass is 79.9. The van der Waals surface area contributed by atoms with E-state index in [1.54, 1.807) is 31.4 Å². The van der Waals surface area contributed by atoms with Gasteiger partial charge >= 0.3 is 0 Å². The number of methoxy groups -OCH3 is 1. The number of halogens is 1. The Labute approximate surface area is 145 Å². The molecule has 0 radical (unpaired) electrons. The third kappa shape index (κ3) is 4.70. The molecule has 4 heteroatoms. The molecule has 0 aliphatic carbocycles. The Kier molecular flexibility index (Phi) is 6.41. The second-order valence-corrected chi connectivity index (χ2v) is 5.84. The average Bonchev–Trinajstić information content (AvgIpc) is 2.58. The number of ether oxygens (including phenoxy) is 2. The Hall–Kier alpha value is -2.07. The van der Waals surface area contributed by atoms with E-state index in [0.717, 1.165) is 22.2 Å². The predicted octanol–water partition coefficient (Wildman–Crippen LogP) is 5.14. The van der Waals surface area contributed by atoms with Crippen LogP contribution in [0.5, 0.6) is 11.5 Å². The smallest absolute Gasteiger partial charge is 0.189 e. The summed E-state index contributed by atoms with van der Waals surface area (Å²) < 4.78 is 11.9. The van der Waals surface area contributed by atoms with Crippen LogP contribution in [0.2, 0.25) is 0 Å². The summed E-state index contributed by atoms with van der Waals surface area (Å²) in [5, 5.41) is 0. The molecule has 0 N–H and O–H groups in total. The molecule has 0 aliphatic heterocycles. The average molecular weight is 375 g/mol. The zero-order chi connectivity index (χ0) is 16.7. The van der Waals surface area contributed by atoms with Crippen molar-refractivity contribution in [2.24, 2.45) is 0 Å². The van der Waals surface area contributed by atoms with Crippen molar-refractivity contribution in [3.8, 4) is 11.5 Å². The molecule has 0 saturated heterocycles. The number of hydrogen-bond acceptors (Lipinski definition) is 3. The lowest BCUT2D eigenvalue weighted by atomic mass is 10.1. The zero-order valence-corrected chi connectivity index (χ0v) is 14.8. The van der Waals surface area contributed by atoms with Crippen molar-refractivity contribution in [3.05, 3.63) is 64.1 Å². The highest BCUT2D eigenvalue weighted by molar-refractivity contribution is 9.10. The fourth-order valence-corrected chi connectivity index (χ4v) is 2.48.